The van der Waals surface area contributed by atoms with Crippen molar-refractivity contribution >= 4 is 39.4 Å². The Bertz CT molecular complexity index is 500. The second-order valence-electron chi connectivity index (χ2n) is 4.28. The van der Waals surface area contributed by atoms with E-state index in [-0.39, 0.29) is 17.9 Å². The number of carboxylic acid groups (broad SMARTS) is 1. The second kappa shape index (κ2) is 5.28. The predicted octanol–water partition coefficient (Wildman–Crippen LogP) is 2.70. The van der Waals surface area contributed by atoms with E-state index in [4.69, 9.17) is 16.7 Å². The largest absolute Gasteiger partial charge is 0.481 e. The van der Waals surface area contributed by atoms with Crippen LogP contribution < -0.4 is 5.32 Å². The van der Waals surface area contributed by atoms with Crippen LogP contribution >= 0.6 is 27.5 Å². The smallest absolute Gasteiger partial charge is 0.306 e. The topological polar surface area (TPSA) is 66.4 Å². The fourth-order valence-electron chi connectivity index (χ4n) is 1.88. The highest BCUT2D eigenvalue weighted by atomic mass is 79.9. The molecule has 1 aromatic carbocycles. The number of benzene rings is 1. The summed E-state index contributed by atoms with van der Waals surface area (Å²) in [6.45, 7) is 0. The maximum Gasteiger partial charge on any atom is 0.306 e. The van der Waals surface area contributed by atoms with Crippen LogP contribution in [0.15, 0.2) is 22.7 Å². The van der Waals surface area contributed by atoms with E-state index < -0.39 is 5.97 Å². The Balaban J connectivity index is 1.97. The second-order valence-corrected chi connectivity index (χ2v) is 5.51. The Morgan fingerprint density at radius 1 is 1.39 bits per heavy atom. The van der Waals surface area contributed by atoms with Crippen LogP contribution in [-0.4, -0.2) is 23.0 Å². The van der Waals surface area contributed by atoms with Crippen LogP contribution in [0.5, 0.6) is 0 Å². The highest BCUT2D eigenvalue weighted by molar-refractivity contribution is 9.10. The zero-order valence-corrected chi connectivity index (χ0v) is 11.7. The van der Waals surface area contributed by atoms with Gasteiger partial charge in [-0.05, 0) is 40.9 Å². The first kappa shape index (κ1) is 13.4. The molecular weight excluding hydrogens is 321 g/mol. The number of aliphatic carboxylic acids is 1. The van der Waals surface area contributed by atoms with Crippen molar-refractivity contribution in [2.75, 3.05) is 0 Å². The fraction of sp³-hybridized carbons (Fsp3) is 0.333. The van der Waals surface area contributed by atoms with E-state index in [9.17, 15) is 9.59 Å². The maximum absolute atomic E-state index is 11.9. The molecule has 0 radical (unpaired) electrons. The number of hydrogen-bond acceptors (Lipinski definition) is 2. The minimum absolute atomic E-state index is 0.0753. The van der Waals surface area contributed by atoms with Gasteiger partial charge in [-0.25, -0.2) is 0 Å². The molecule has 1 fully saturated rings. The normalized spacial score (nSPS) is 22.1. The van der Waals surface area contributed by atoms with Crippen LogP contribution in [0, 0.1) is 5.92 Å². The Morgan fingerprint density at radius 2 is 2.06 bits per heavy atom. The summed E-state index contributed by atoms with van der Waals surface area (Å²) >= 11 is 9.26. The predicted molar refractivity (Wildman–Crippen MR) is 70.8 cm³/mol. The molecule has 4 nitrogen and oxygen atoms in total. The minimum atomic E-state index is -0.805. The van der Waals surface area contributed by atoms with Gasteiger partial charge in [-0.1, -0.05) is 17.7 Å². The third-order valence-electron chi connectivity index (χ3n) is 3.02. The van der Waals surface area contributed by atoms with Crippen molar-refractivity contribution in [1.82, 2.24) is 5.32 Å². The number of halogens is 2. The molecule has 0 bridgehead atoms. The summed E-state index contributed by atoms with van der Waals surface area (Å²) in [6, 6.07) is 5.04. The standard InChI is InChI=1S/C12H11BrClNO3/c13-9-3-1-2-8(10(9)14)11(16)15-7-4-6(5-7)12(17)18/h1-3,6-7H,4-5H2,(H,15,16)(H,17,18). The molecule has 0 unspecified atom stereocenters. The third-order valence-corrected chi connectivity index (χ3v) is 4.32. The van der Waals surface area contributed by atoms with Crippen LogP contribution in [-0.2, 0) is 4.79 Å². The Kier molecular flexibility index (Phi) is 3.92. The summed E-state index contributed by atoms with van der Waals surface area (Å²) < 4.78 is 0.661. The van der Waals surface area contributed by atoms with Crippen molar-refractivity contribution in [3.8, 4) is 0 Å². The average Bonchev–Trinajstić information content (AvgIpc) is 2.25. The Hall–Kier alpha value is -1.07. The molecule has 0 saturated heterocycles. The molecule has 96 valence electrons. The molecule has 0 aliphatic heterocycles. The molecule has 1 aliphatic carbocycles. The van der Waals surface area contributed by atoms with Crippen LogP contribution in [0.3, 0.4) is 0 Å². The SMILES string of the molecule is O=C(NC1CC(C(=O)O)C1)c1cccc(Br)c1Cl. The van der Waals surface area contributed by atoms with E-state index in [1.165, 1.54) is 0 Å². The quantitative estimate of drug-likeness (QED) is 0.894. The van der Waals surface area contributed by atoms with Gasteiger partial charge in [0.25, 0.3) is 5.91 Å². The van der Waals surface area contributed by atoms with Gasteiger partial charge in [-0.15, -0.1) is 0 Å². The average molecular weight is 333 g/mol. The molecule has 0 aromatic heterocycles. The number of nitrogens with one attached hydrogen (secondary N) is 1. The molecule has 2 rings (SSSR count). The van der Waals surface area contributed by atoms with Gasteiger partial charge in [0.05, 0.1) is 16.5 Å². The van der Waals surface area contributed by atoms with E-state index in [0.29, 0.717) is 27.9 Å². The Labute approximate surface area is 117 Å². The van der Waals surface area contributed by atoms with Gasteiger partial charge in [-0.2, -0.15) is 0 Å². The number of hydrogen-bond donors (Lipinski definition) is 2. The maximum atomic E-state index is 11.9. The van der Waals surface area contributed by atoms with Gasteiger partial charge in [0, 0.05) is 10.5 Å². The molecule has 6 heteroatoms. The first-order valence-corrected chi connectivity index (χ1v) is 6.64. The van der Waals surface area contributed by atoms with Crippen molar-refractivity contribution in [3.05, 3.63) is 33.3 Å². The van der Waals surface area contributed by atoms with Crippen molar-refractivity contribution in [2.24, 2.45) is 5.92 Å². The number of amides is 1. The van der Waals surface area contributed by atoms with Gasteiger partial charge >= 0.3 is 5.97 Å². The van der Waals surface area contributed by atoms with E-state index in [2.05, 4.69) is 21.2 Å². The first-order valence-electron chi connectivity index (χ1n) is 5.46. The first-order chi connectivity index (χ1) is 8.49. The number of carbonyl (C=O) groups is 2. The monoisotopic (exact) mass is 331 g/mol. The summed E-state index contributed by atoms with van der Waals surface area (Å²) in [6.07, 6.45) is 0.958. The molecular formula is C12H11BrClNO3. The van der Waals surface area contributed by atoms with Crippen molar-refractivity contribution in [1.29, 1.82) is 0 Å². The summed E-state index contributed by atoms with van der Waals surface area (Å²) in [5, 5.41) is 11.9. The lowest BCUT2D eigenvalue weighted by Crippen LogP contribution is -2.46. The van der Waals surface area contributed by atoms with Gasteiger partial charge in [0.2, 0.25) is 0 Å². The van der Waals surface area contributed by atoms with E-state index in [1.54, 1.807) is 18.2 Å². The zero-order valence-electron chi connectivity index (χ0n) is 9.32. The Morgan fingerprint density at radius 3 is 2.67 bits per heavy atom. The third kappa shape index (κ3) is 2.67. The molecule has 1 saturated carbocycles. The molecule has 0 atom stereocenters. The molecule has 0 heterocycles. The summed E-state index contributed by atoms with van der Waals surface area (Å²) in [4.78, 5) is 22.6. The lowest BCUT2D eigenvalue weighted by atomic mass is 9.80. The van der Waals surface area contributed by atoms with Gasteiger partial charge in [-0.3, -0.25) is 9.59 Å². The zero-order chi connectivity index (χ0) is 13.3. The van der Waals surface area contributed by atoms with E-state index in [0.717, 1.165) is 0 Å². The number of rotatable bonds is 3. The van der Waals surface area contributed by atoms with Crippen LogP contribution in [0.25, 0.3) is 0 Å². The van der Waals surface area contributed by atoms with Crippen LogP contribution in [0.1, 0.15) is 23.2 Å². The molecule has 1 amide bonds. The molecule has 2 N–H and O–H groups in total. The number of carbonyl (C=O) groups excluding carboxylic acids is 1. The van der Waals surface area contributed by atoms with Gasteiger partial charge < -0.3 is 10.4 Å². The molecule has 0 spiro atoms. The summed E-state index contributed by atoms with van der Waals surface area (Å²) in [5.41, 5.74) is 0.393. The van der Waals surface area contributed by atoms with E-state index >= 15 is 0 Å². The molecule has 18 heavy (non-hydrogen) atoms. The lowest BCUT2D eigenvalue weighted by molar-refractivity contribution is -0.145. The van der Waals surface area contributed by atoms with Crippen LogP contribution in [0.2, 0.25) is 5.02 Å². The van der Waals surface area contributed by atoms with E-state index in [1.807, 2.05) is 0 Å². The number of carboxylic acids is 1. The van der Waals surface area contributed by atoms with Crippen LogP contribution in [0.4, 0.5) is 0 Å². The summed E-state index contributed by atoms with van der Waals surface area (Å²) in [5.74, 6) is -1.41. The minimum Gasteiger partial charge on any atom is -0.481 e. The highest BCUT2D eigenvalue weighted by Crippen LogP contribution is 2.29. The van der Waals surface area contributed by atoms with Crippen molar-refractivity contribution in [2.45, 2.75) is 18.9 Å². The van der Waals surface area contributed by atoms with Crippen molar-refractivity contribution < 1.29 is 14.7 Å². The molecule has 1 aromatic rings. The lowest BCUT2D eigenvalue weighted by Gasteiger charge is -2.32. The van der Waals surface area contributed by atoms with Crippen molar-refractivity contribution in [3.63, 3.8) is 0 Å². The molecule has 1 aliphatic rings. The highest BCUT2D eigenvalue weighted by Gasteiger charge is 2.35. The summed E-state index contributed by atoms with van der Waals surface area (Å²) in [7, 11) is 0. The fourth-order valence-corrected chi connectivity index (χ4v) is 2.46. The van der Waals surface area contributed by atoms with Gasteiger partial charge in [0.1, 0.15) is 0 Å². The van der Waals surface area contributed by atoms with Gasteiger partial charge in [0.15, 0.2) is 0 Å².